The lowest BCUT2D eigenvalue weighted by Gasteiger charge is -2.06. The van der Waals surface area contributed by atoms with Gasteiger partial charge in [0, 0.05) is 10.9 Å². The zero-order chi connectivity index (χ0) is 14.3. The van der Waals surface area contributed by atoms with Crippen LogP contribution in [0.4, 0.5) is 0 Å². The van der Waals surface area contributed by atoms with Gasteiger partial charge < -0.3 is 0 Å². The predicted octanol–water partition coefficient (Wildman–Crippen LogP) is 3.07. The number of aromatic amines is 2. The van der Waals surface area contributed by atoms with E-state index in [1.165, 1.54) is 16.9 Å². The number of rotatable bonds is 2. The van der Waals surface area contributed by atoms with Gasteiger partial charge in [0.05, 0.1) is 5.39 Å². The molecule has 0 saturated heterocycles. The summed E-state index contributed by atoms with van der Waals surface area (Å²) in [4.78, 5) is 28.8. The van der Waals surface area contributed by atoms with Gasteiger partial charge in [-0.05, 0) is 17.0 Å². The van der Waals surface area contributed by atoms with E-state index in [1.807, 2.05) is 17.5 Å². The van der Waals surface area contributed by atoms with Gasteiger partial charge in [0.2, 0.25) is 0 Å². The van der Waals surface area contributed by atoms with E-state index in [4.69, 9.17) is 0 Å². The Morgan fingerprint density at radius 2 is 1.75 bits per heavy atom. The Morgan fingerprint density at radius 1 is 1.05 bits per heavy atom. The van der Waals surface area contributed by atoms with E-state index in [0.29, 0.717) is 16.1 Å². The van der Waals surface area contributed by atoms with E-state index < -0.39 is 5.69 Å². The number of fused-ring (bicyclic) bond motifs is 1. The third-order valence-electron chi connectivity index (χ3n) is 3.36. The second-order valence-electron chi connectivity index (χ2n) is 5.04. The highest BCUT2D eigenvalue weighted by atomic mass is 32.1. The third kappa shape index (κ3) is 2.10. The van der Waals surface area contributed by atoms with Crippen molar-refractivity contribution in [1.82, 2.24) is 9.97 Å². The Hall–Kier alpha value is -2.14. The molecule has 2 N–H and O–H groups in total. The first-order chi connectivity index (χ1) is 9.56. The first kappa shape index (κ1) is 12.9. The average Bonchev–Trinajstić information content (AvgIpc) is 2.82. The fraction of sp³-hybridized carbons (Fsp3) is 0.200. The number of nitrogens with one attached hydrogen (secondary N) is 2. The Bertz CT molecular complexity index is 869. The van der Waals surface area contributed by atoms with Crippen LogP contribution in [0.15, 0.2) is 39.2 Å². The zero-order valence-electron chi connectivity index (χ0n) is 11.2. The molecule has 0 aliphatic heterocycles. The molecule has 102 valence electrons. The lowest BCUT2D eigenvalue weighted by atomic mass is 9.99. The van der Waals surface area contributed by atoms with Crippen molar-refractivity contribution < 1.29 is 0 Å². The Balaban J connectivity index is 2.20. The van der Waals surface area contributed by atoms with Gasteiger partial charge in [-0.2, -0.15) is 0 Å². The maximum Gasteiger partial charge on any atom is 0.326 e. The standard InChI is InChI=1S/C15H14N2O2S/c1-8(2)9-3-5-10(6-4-9)11-7-20-14-12(11)13(18)16-15(19)17-14/h3-8H,1-2H3,(H2,16,17,18,19). The molecule has 0 amide bonds. The van der Waals surface area contributed by atoms with Crippen molar-refractivity contribution in [2.45, 2.75) is 19.8 Å². The zero-order valence-corrected chi connectivity index (χ0v) is 12.0. The van der Waals surface area contributed by atoms with Gasteiger partial charge in [-0.3, -0.25) is 14.8 Å². The van der Waals surface area contributed by atoms with Crippen molar-refractivity contribution in [1.29, 1.82) is 0 Å². The maximum atomic E-state index is 12.0. The fourth-order valence-corrected chi connectivity index (χ4v) is 3.20. The predicted molar refractivity (Wildman–Crippen MR) is 82.6 cm³/mol. The molecule has 3 aromatic rings. The van der Waals surface area contributed by atoms with Crippen LogP contribution in [-0.4, -0.2) is 9.97 Å². The fourth-order valence-electron chi connectivity index (χ4n) is 2.24. The summed E-state index contributed by atoms with van der Waals surface area (Å²) < 4.78 is 0. The maximum absolute atomic E-state index is 12.0. The Labute approximate surface area is 119 Å². The molecule has 0 bridgehead atoms. The highest BCUT2D eigenvalue weighted by Gasteiger charge is 2.11. The monoisotopic (exact) mass is 286 g/mol. The topological polar surface area (TPSA) is 65.7 Å². The van der Waals surface area contributed by atoms with Gasteiger partial charge in [0.15, 0.2) is 0 Å². The number of thiophene rings is 1. The summed E-state index contributed by atoms with van der Waals surface area (Å²) in [5.41, 5.74) is 2.30. The number of hydrogen-bond acceptors (Lipinski definition) is 3. The van der Waals surface area contributed by atoms with E-state index in [0.717, 1.165) is 11.1 Å². The van der Waals surface area contributed by atoms with Gasteiger partial charge in [-0.1, -0.05) is 38.1 Å². The number of hydrogen-bond donors (Lipinski definition) is 2. The van der Waals surface area contributed by atoms with Crippen LogP contribution in [0.3, 0.4) is 0 Å². The largest absolute Gasteiger partial charge is 0.326 e. The molecule has 2 aromatic heterocycles. The number of H-pyrrole nitrogens is 2. The average molecular weight is 286 g/mol. The van der Waals surface area contributed by atoms with Crippen molar-refractivity contribution in [3.05, 3.63) is 56.0 Å². The number of aromatic nitrogens is 2. The van der Waals surface area contributed by atoms with Gasteiger partial charge >= 0.3 is 5.69 Å². The minimum atomic E-state index is -0.467. The molecule has 0 spiro atoms. The molecular formula is C15H14N2O2S. The smallest absolute Gasteiger partial charge is 0.298 e. The highest BCUT2D eigenvalue weighted by Crippen LogP contribution is 2.30. The molecule has 20 heavy (non-hydrogen) atoms. The van der Waals surface area contributed by atoms with Crippen molar-refractivity contribution in [2.24, 2.45) is 0 Å². The summed E-state index contributed by atoms with van der Waals surface area (Å²) in [6.45, 7) is 4.29. The molecule has 4 nitrogen and oxygen atoms in total. The van der Waals surface area contributed by atoms with E-state index in [1.54, 1.807) is 0 Å². The summed E-state index contributed by atoms with van der Waals surface area (Å²) in [7, 11) is 0. The van der Waals surface area contributed by atoms with E-state index in [-0.39, 0.29) is 5.56 Å². The molecule has 1 aromatic carbocycles. The molecule has 0 fully saturated rings. The van der Waals surface area contributed by atoms with Crippen LogP contribution in [0.2, 0.25) is 0 Å². The highest BCUT2D eigenvalue weighted by molar-refractivity contribution is 7.17. The van der Waals surface area contributed by atoms with Crippen LogP contribution in [-0.2, 0) is 0 Å². The summed E-state index contributed by atoms with van der Waals surface area (Å²) in [6, 6.07) is 8.18. The van der Waals surface area contributed by atoms with Crippen LogP contribution < -0.4 is 11.2 Å². The Morgan fingerprint density at radius 3 is 2.40 bits per heavy atom. The minimum absolute atomic E-state index is 0.340. The summed E-state index contributed by atoms with van der Waals surface area (Å²) in [5, 5.41) is 2.45. The summed E-state index contributed by atoms with van der Waals surface area (Å²) in [5.74, 6) is 0.475. The van der Waals surface area contributed by atoms with Crippen molar-refractivity contribution >= 4 is 21.6 Å². The molecule has 5 heteroatoms. The van der Waals surface area contributed by atoms with E-state index in [9.17, 15) is 9.59 Å². The Kier molecular flexibility index (Phi) is 3.06. The van der Waals surface area contributed by atoms with Gasteiger partial charge in [0.25, 0.3) is 5.56 Å². The van der Waals surface area contributed by atoms with E-state index in [2.05, 4.69) is 35.9 Å². The van der Waals surface area contributed by atoms with Crippen molar-refractivity contribution in [2.75, 3.05) is 0 Å². The SMILES string of the molecule is CC(C)c1ccc(-c2csc3[nH]c(=O)[nH]c(=O)c23)cc1. The third-order valence-corrected chi connectivity index (χ3v) is 4.26. The number of benzene rings is 1. The minimum Gasteiger partial charge on any atom is -0.298 e. The van der Waals surface area contributed by atoms with Gasteiger partial charge in [-0.15, -0.1) is 11.3 Å². The molecule has 0 unspecified atom stereocenters. The van der Waals surface area contributed by atoms with Crippen molar-refractivity contribution in [3.63, 3.8) is 0 Å². The van der Waals surface area contributed by atoms with Gasteiger partial charge in [0.1, 0.15) is 4.83 Å². The van der Waals surface area contributed by atoms with Gasteiger partial charge in [-0.25, -0.2) is 4.79 Å². The lowest BCUT2D eigenvalue weighted by molar-refractivity contribution is 0.867. The van der Waals surface area contributed by atoms with Crippen LogP contribution in [0.25, 0.3) is 21.3 Å². The van der Waals surface area contributed by atoms with Crippen LogP contribution in [0, 0.1) is 0 Å². The molecule has 2 heterocycles. The molecule has 0 aliphatic carbocycles. The van der Waals surface area contributed by atoms with Crippen LogP contribution in [0.1, 0.15) is 25.3 Å². The summed E-state index contributed by atoms with van der Waals surface area (Å²) >= 11 is 1.37. The molecule has 0 saturated carbocycles. The lowest BCUT2D eigenvalue weighted by Crippen LogP contribution is -2.21. The molecule has 0 atom stereocenters. The normalized spacial score (nSPS) is 11.3. The molecule has 0 aliphatic rings. The molecular weight excluding hydrogens is 272 g/mol. The van der Waals surface area contributed by atoms with Crippen LogP contribution in [0.5, 0.6) is 0 Å². The molecule has 3 rings (SSSR count). The van der Waals surface area contributed by atoms with E-state index >= 15 is 0 Å². The van der Waals surface area contributed by atoms with Crippen molar-refractivity contribution in [3.8, 4) is 11.1 Å². The molecule has 0 radical (unpaired) electrons. The summed E-state index contributed by atoms with van der Waals surface area (Å²) in [6.07, 6.45) is 0. The second-order valence-corrected chi connectivity index (χ2v) is 5.92. The second kappa shape index (κ2) is 4.76. The quantitative estimate of drug-likeness (QED) is 0.760. The first-order valence-corrected chi connectivity index (χ1v) is 7.28. The van der Waals surface area contributed by atoms with Crippen LogP contribution >= 0.6 is 11.3 Å². The first-order valence-electron chi connectivity index (χ1n) is 6.40.